The summed E-state index contributed by atoms with van der Waals surface area (Å²) in [6.07, 6.45) is -0.101. The maximum absolute atomic E-state index is 12.4. The minimum Gasteiger partial charge on any atom is -0.376 e. The van der Waals surface area contributed by atoms with Gasteiger partial charge in [0, 0.05) is 24.9 Å². The zero-order valence-electron chi connectivity index (χ0n) is 13.4. The maximum Gasteiger partial charge on any atom is 0.261 e. The number of ether oxygens (including phenoxy) is 1. The van der Waals surface area contributed by atoms with Crippen LogP contribution in [0.15, 0.2) is 58.5 Å². The van der Waals surface area contributed by atoms with Crippen molar-refractivity contribution in [2.75, 3.05) is 12.9 Å². The normalized spacial score (nSPS) is 12.5. The second-order valence-corrected chi connectivity index (χ2v) is 6.79. The van der Waals surface area contributed by atoms with Crippen LogP contribution < -0.4 is 5.56 Å². The topological polar surface area (TPSA) is 44.1 Å². The molecule has 1 atom stereocenters. The van der Waals surface area contributed by atoms with Crippen LogP contribution >= 0.6 is 23.4 Å². The van der Waals surface area contributed by atoms with Crippen molar-refractivity contribution in [1.29, 1.82) is 0 Å². The van der Waals surface area contributed by atoms with E-state index in [-0.39, 0.29) is 11.7 Å². The molecule has 0 saturated carbocycles. The van der Waals surface area contributed by atoms with E-state index in [2.05, 4.69) is 4.98 Å². The molecule has 0 aliphatic carbocycles. The molecule has 0 bridgehead atoms. The van der Waals surface area contributed by atoms with Crippen LogP contribution in [-0.4, -0.2) is 22.4 Å². The SMILES string of the molecule is COC(CSc1nc2ccccc2c(=O)n1C)c1ccc(Cl)cc1. The van der Waals surface area contributed by atoms with Gasteiger partial charge in [-0.3, -0.25) is 9.36 Å². The van der Waals surface area contributed by atoms with Gasteiger partial charge in [-0.05, 0) is 29.8 Å². The van der Waals surface area contributed by atoms with Gasteiger partial charge < -0.3 is 4.74 Å². The molecule has 3 aromatic rings. The highest BCUT2D eigenvalue weighted by Crippen LogP contribution is 2.26. The van der Waals surface area contributed by atoms with Gasteiger partial charge in [0.15, 0.2) is 5.16 Å². The molecule has 24 heavy (non-hydrogen) atoms. The first kappa shape index (κ1) is 17.0. The summed E-state index contributed by atoms with van der Waals surface area (Å²) in [5.74, 6) is 0.650. The van der Waals surface area contributed by atoms with E-state index in [1.807, 2.05) is 42.5 Å². The number of nitrogens with zero attached hydrogens (tertiary/aromatic N) is 2. The van der Waals surface area contributed by atoms with Crippen LogP contribution in [0.1, 0.15) is 11.7 Å². The van der Waals surface area contributed by atoms with Gasteiger partial charge in [-0.15, -0.1) is 0 Å². The van der Waals surface area contributed by atoms with Crippen molar-refractivity contribution in [1.82, 2.24) is 9.55 Å². The molecule has 6 heteroatoms. The maximum atomic E-state index is 12.4. The Labute approximate surface area is 149 Å². The van der Waals surface area contributed by atoms with Gasteiger partial charge >= 0.3 is 0 Å². The molecule has 0 saturated heterocycles. The quantitative estimate of drug-likeness (QED) is 0.508. The fraction of sp³-hybridized carbons (Fsp3) is 0.222. The average molecular weight is 361 g/mol. The van der Waals surface area contributed by atoms with Gasteiger partial charge in [0.2, 0.25) is 0 Å². The Kier molecular flexibility index (Phi) is 5.23. The molecule has 2 aromatic carbocycles. The summed E-state index contributed by atoms with van der Waals surface area (Å²) in [6, 6.07) is 15.0. The molecule has 124 valence electrons. The van der Waals surface area contributed by atoms with Crippen LogP contribution in [0.5, 0.6) is 0 Å². The van der Waals surface area contributed by atoms with E-state index in [1.54, 1.807) is 24.8 Å². The predicted octanol–water partition coefficient (Wildman–Crippen LogP) is 4.07. The van der Waals surface area contributed by atoms with Crippen molar-refractivity contribution in [3.8, 4) is 0 Å². The molecule has 1 aromatic heterocycles. The molecule has 0 aliphatic rings. The predicted molar refractivity (Wildman–Crippen MR) is 98.9 cm³/mol. The molecule has 0 spiro atoms. The minimum atomic E-state index is -0.101. The highest BCUT2D eigenvalue weighted by Gasteiger charge is 2.14. The van der Waals surface area contributed by atoms with Crippen LogP contribution in [0.25, 0.3) is 10.9 Å². The van der Waals surface area contributed by atoms with E-state index < -0.39 is 0 Å². The van der Waals surface area contributed by atoms with E-state index in [9.17, 15) is 4.79 Å². The van der Waals surface area contributed by atoms with Crippen LogP contribution in [0.3, 0.4) is 0 Å². The standard InChI is InChI=1S/C18H17ClN2O2S/c1-21-17(22)14-5-3-4-6-15(14)20-18(21)24-11-16(23-2)12-7-9-13(19)10-8-12/h3-10,16H,11H2,1-2H3. The third kappa shape index (κ3) is 3.48. The Morgan fingerprint density at radius 2 is 1.92 bits per heavy atom. The monoisotopic (exact) mass is 360 g/mol. The molecule has 0 aliphatic heterocycles. The Balaban J connectivity index is 1.85. The summed E-state index contributed by atoms with van der Waals surface area (Å²) in [5, 5.41) is 2.00. The zero-order chi connectivity index (χ0) is 17.1. The molecule has 0 fully saturated rings. The zero-order valence-corrected chi connectivity index (χ0v) is 15.0. The molecule has 0 radical (unpaired) electrons. The fourth-order valence-electron chi connectivity index (χ4n) is 2.45. The van der Waals surface area contributed by atoms with Crippen molar-refractivity contribution in [2.24, 2.45) is 7.05 Å². The van der Waals surface area contributed by atoms with Crippen molar-refractivity contribution in [3.05, 3.63) is 69.5 Å². The largest absolute Gasteiger partial charge is 0.376 e. The van der Waals surface area contributed by atoms with Gasteiger partial charge in [0.1, 0.15) is 0 Å². The molecular weight excluding hydrogens is 344 g/mol. The lowest BCUT2D eigenvalue weighted by atomic mass is 10.1. The third-order valence-electron chi connectivity index (χ3n) is 3.83. The van der Waals surface area contributed by atoms with Gasteiger partial charge in [0.05, 0.1) is 17.0 Å². The molecule has 3 rings (SSSR count). The first-order valence-corrected chi connectivity index (χ1v) is 8.83. The number of thioether (sulfide) groups is 1. The Morgan fingerprint density at radius 1 is 1.21 bits per heavy atom. The van der Waals surface area contributed by atoms with E-state index in [4.69, 9.17) is 16.3 Å². The number of methoxy groups -OCH3 is 1. The summed E-state index contributed by atoms with van der Waals surface area (Å²) >= 11 is 7.43. The molecule has 0 N–H and O–H groups in total. The first-order chi connectivity index (χ1) is 11.6. The third-order valence-corrected chi connectivity index (χ3v) is 5.18. The van der Waals surface area contributed by atoms with Gasteiger partial charge in [-0.1, -0.05) is 47.6 Å². The average Bonchev–Trinajstić information content (AvgIpc) is 2.61. The number of aromatic nitrogens is 2. The van der Waals surface area contributed by atoms with Crippen LogP contribution in [0.2, 0.25) is 5.02 Å². The molecular formula is C18H17ClN2O2S. The van der Waals surface area contributed by atoms with Crippen LogP contribution in [0.4, 0.5) is 0 Å². The highest BCUT2D eigenvalue weighted by molar-refractivity contribution is 7.99. The number of para-hydroxylation sites is 1. The second kappa shape index (κ2) is 7.38. The Morgan fingerprint density at radius 3 is 2.62 bits per heavy atom. The van der Waals surface area contributed by atoms with Crippen molar-refractivity contribution in [3.63, 3.8) is 0 Å². The summed E-state index contributed by atoms with van der Waals surface area (Å²) in [7, 11) is 3.42. The number of hydrogen-bond donors (Lipinski definition) is 0. The number of benzene rings is 2. The molecule has 1 unspecified atom stereocenters. The fourth-order valence-corrected chi connectivity index (χ4v) is 3.65. The summed E-state index contributed by atoms with van der Waals surface area (Å²) in [5.41, 5.74) is 1.72. The van der Waals surface area contributed by atoms with E-state index >= 15 is 0 Å². The Bertz CT molecular complexity index is 909. The van der Waals surface area contributed by atoms with Crippen LogP contribution in [0, 0.1) is 0 Å². The smallest absolute Gasteiger partial charge is 0.261 e. The lowest BCUT2D eigenvalue weighted by Gasteiger charge is -2.16. The van der Waals surface area contributed by atoms with E-state index in [0.29, 0.717) is 26.8 Å². The van der Waals surface area contributed by atoms with Crippen molar-refractivity contribution >= 4 is 34.3 Å². The first-order valence-electron chi connectivity index (χ1n) is 7.47. The number of halogens is 1. The highest BCUT2D eigenvalue weighted by atomic mass is 35.5. The molecule has 4 nitrogen and oxygen atoms in total. The second-order valence-electron chi connectivity index (χ2n) is 5.36. The minimum absolute atomic E-state index is 0.0384. The van der Waals surface area contributed by atoms with E-state index in [1.165, 1.54) is 11.8 Å². The van der Waals surface area contributed by atoms with E-state index in [0.717, 1.165) is 5.56 Å². The summed E-state index contributed by atoms with van der Waals surface area (Å²) in [4.78, 5) is 17.0. The van der Waals surface area contributed by atoms with Crippen molar-refractivity contribution in [2.45, 2.75) is 11.3 Å². The summed E-state index contributed by atoms with van der Waals surface area (Å²) < 4.78 is 7.16. The van der Waals surface area contributed by atoms with Crippen LogP contribution in [-0.2, 0) is 11.8 Å². The number of hydrogen-bond acceptors (Lipinski definition) is 4. The lowest BCUT2D eigenvalue weighted by molar-refractivity contribution is 0.123. The van der Waals surface area contributed by atoms with Gasteiger partial charge in [0.25, 0.3) is 5.56 Å². The summed E-state index contributed by atoms with van der Waals surface area (Å²) in [6.45, 7) is 0. The number of fused-ring (bicyclic) bond motifs is 1. The Hall–Kier alpha value is -1.82. The molecule has 0 amide bonds. The lowest BCUT2D eigenvalue weighted by Crippen LogP contribution is -2.20. The van der Waals surface area contributed by atoms with Crippen molar-refractivity contribution < 1.29 is 4.74 Å². The molecule has 1 heterocycles. The van der Waals surface area contributed by atoms with Gasteiger partial charge in [-0.25, -0.2) is 4.98 Å². The van der Waals surface area contributed by atoms with Gasteiger partial charge in [-0.2, -0.15) is 0 Å². The number of rotatable bonds is 5.